The highest BCUT2D eigenvalue weighted by Crippen LogP contribution is 2.58. The lowest BCUT2D eigenvalue weighted by Gasteiger charge is -2.60. The van der Waals surface area contributed by atoms with E-state index in [9.17, 15) is 13.2 Å². The molecule has 0 aromatic carbocycles. The number of nitrogens with one attached hydrogen (secondary N) is 2. The van der Waals surface area contributed by atoms with E-state index in [0.717, 1.165) is 6.42 Å². The minimum absolute atomic E-state index is 0.0124. The number of nitrogens with two attached hydrogens (primary N) is 1. The van der Waals surface area contributed by atoms with E-state index in [1.54, 1.807) is 0 Å². The fourth-order valence-electron chi connectivity index (χ4n) is 3.39. The van der Waals surface area contributed by atoms with E-state index in [1.807, 2.05) is 13.8 Å². The summed E-state index contributed by atoms with van der Waals surface area (Å²) in [5, 5.41) is 2.65. The van der Waals surface area contributed by atoms with Crippen molar-refractivity contribution in [3.05, 3.63) is 0 Å². The van der Waals surface area contributed by atoms with Crippen LogP contribution >= 0.6 is 0 Å². The summed E-state index contributed by atoms with van der Waals surface area (Å²) < 4.78 is 30.4. The molecule has 1 heterocycles. The van der Waals surface area contributed by atoms with Crippen LogP contribution in [0.5, 0.6) is 0 Å². The number of fused-ring (bicyclic) bond motifs is 1. The Morgan fingerprint density at radius 2 is 2.10 bits per heavy atom. The van der Waals surface area contributed by atoms with Gasteiger partial charge in [-0.05, 0) is 13.5 Å². The van der Waals surface area contributed by atoms with Crippen LogP contribution in [0.25, 0.3) is 0 Å². The van der Waals surface area contributed by atoms with Crippen LogP contribution in [-0.4, -0.2) is 51.9 Å². The maximum atomic E-state index is 12.4. The normalized spacial score (nSPS) is 35.2. The van der Waals surface area contributed by atoms with Gasteiger partial charge in [-0.3, -0.25) is 4.79 Å². The molecule has 0 radical (unpaired) electrons. The van der Waals surface area contributed by atoms with Crippen molar-refractivity contribution in [1.29, 1.82) is 0 Å². The first-order valence-electron chi connectivity index (χ1n) is 6.77. The molecule has 8 heteroatoms. The predicted molar refractivity (Wildman–Crippen MR) is 74.4 cm³/mol. The van der Waals surface area contributed by atoms with Crippen molar-refractivity contribution in [3.63, 3.8) is 0 Å². The first-order chi connectivity index (χ1) is 9.17. The third-order valence-electron chi connectivity index (χ3n) is 4.80. The van der Waals surface area contributed by atoms with Crippen molar-refractivity contribution in [2.75, 3.05) is 26.0 Å². The Bertz CT molecular complexity index is 505. The zero-order chi connectivity index (χ0) is 15.2. The minimum Gasteiger partial charge on any atom is -0.377 e. The molecule has 1 amide bonds. The molecular weight excluding hydrogens is 282 g/mol. The summed E-state index contributed by atoms with van der Waals surface area (Å²) in [7, 11) is -1.98. The molecular formula is C12H23N3O4S. The van der Waals surface area contributed by atoms with Crippen molar-refractivity contribution in [2.24, 2.45) is 17.1 Å². The summed E-state index contributed by atoms with van der Waals surface area (Å²) in [6.07, 6.45) is 0.784. The Morgan fingerprint density at radius 1 is 1.45 bits per heavy atom. The molecule has 1 aliphatic heterocycles. The van der Waals surface area contributed by atoms with Crippen LogP contribution in [0.1, 0.15) is 20.3 Å². The number of carbonyl (C=O) groups is 1. The summed E-state index contributed by atoms with van der Waals surface area (Å²) in [5.41, 5.74) is 4.90. The van der Waals surface area contributed by atoms with Crippen molar-refractivity contribution < 1.29 is 17.9 Å². The number of ether oxygens (including phenoxy) is 1. The van der Waals surface area contributed by atoms with Crippen LogP contribution in [0.4, 0.5) is 0 Å². The fourth-order valence-corrected chi connectivity index (χ4v) is 3.97. The van der Waals surface area contributed by atoms with Crippen LogP contribution in [0.2, 0.25) is 0 Å². The van der Waals surface area contributed by atoms with E-state index < -0.39 is 21.0 Å². The monoisotopic (exact) mass is 305 g/mol. The lowest BCUT2D eigenvalue weighted by Crippen LogP contribution is -2.80. The lowest BCUT2D eigenvalue weighted by atomic mass is 9.48. The maximum Gasteiger partial charge on any atom is 0.241 e. The van der Waals surface area contributed by atoms with Gasteiger partial charge in [0, 0.05) is 24.5 Å². The van der Waals surface area contributed by atoms with Gasteiger partial charge in [0.05, 0.1) is 11.9 Å². The SMILES string of the molecule is CNS(=O)(=O)CCNC(=O)C1(N)C2CCOC2C1(C)C. The molecule has 2 aliphatic rings. The van der Waals surface area contributed by atoms with Crippen molar-refractivity contribution in [3.8, 4) is 0 Å². The summed E-state index contributed by atoms with van der Waals surface area (Å²) >= 11 is 0. The average Bonchev–Trinajstić information content (AvgIpc) is 2.85. The highest BCUT2D eigenvalue weighted by atomic mass is 32.2. The molecule has 3 unspecified atom stereocenters. The van der Waals surface area contributed by atoms with Crippen LogP contribution < -0.4 is 15.8 Å². The Hall–Kier alpha value is -0.700. The Balaban J connectivity index is 1.99. The van der Waals surface area contributed by atoms with Crippen LogP contribution in [0.3, 0.4) is 0 Å². The third kappa shape index (κ3) is 2.14. The molecule has 116 valence electrons. The number of hydrogen-bond donors (Lipinski definition) is 3. The zero-order valence-electron chi connectivity index (χ0n) is 12.1. The average molecular weight is 305 g/mol. The smallest absolute Gasteiger partial charge is 0.241 e. The maximum absolute atomic E-state index is 12.4. The molecule has 20 heavy (non-hydrogen) atoms. The van der Waals surface area contributed by atoms with E-state index in [1.165, 1.54) is 7.05 Å². The van der Waals surface area contributed by atoms with Gasteiger partial charge in [-0.2, -0.15) is 0 Å². The number of amides is 1. The van der Waals surface area contributed by atoms with E-state index in [0.29, 0.717) is 6.61 Å². The number of hydrogen-bond acceptors (Lipinski definition) is 5. The van der Waals surface area contributed by atoms with Gasteiger partial charge in [0.25, 0.3) is 0 Å². The van der Waals surface area contributed by atoms with Gasteiger partial charge >= 0.3 is 0 Å². The summed E-state index contributed by atoms with van der Waals surface area (Å²) in [5.74, 6) is -0.435. The first kappa shape index (κ1) is 15.7. The lowest BCUT2D eigenvalue weighted by molar-refractivity contribution is -0.175. The van der Waals surface area contributed by atoms with Gasteiger partial charge in [0.2, 0.25) is 15.9 Å². The Kier molecular flexibility index (Phi) is 3.87. The van der Waals surface area contributed by atoms with E-state index in [-0.39, 0.29) is 30.2 Å². The third-order valence-corrected chi connectivity index (χ3v) is 6.16. The zero-order valence-corrected chi connectivity index (χ0v) is 12.9. The van der Waals surface area contributed by atoms with E-state index in [4.69, 9.17) is 10.5 Å². The molecule has 4 N–H and O–H groups in total. The molecule has 1 aliphatic carbocycles. The van der Waals surface area contributed by atoms with Gasteiger partial charge in [0.1, 0.15) is 5.54 Å². The van der Waals surface area contributed by atoms with Gasteiger partial charge in [-0.1, -0.05) is 13.8 Å². The second-order valence-corrected chi connectivity index (χ2v) is 8.10. The highest BCUT2D eigenvalue weighted by Gasteiger charge is 2.71. The fraction of sp³-hybridized carbons (Fsp3) is 0.917. The molecule has 7 nitrogen and oxygen atoms in total. The van der Waals surface area contributed by atoms with Crippen molar-refractivity contribution in [1.82, 2.24) is 10.0 Å². The Labute approximate surface area is 119 Å². The van der Waals surface area contributed by atoms with Crippen molar-refractivity contribution >= 4 is 15.9 Å². The summed E-state index contributed by atoms with van der Waals surface area (Å²) in [6.45, 7) is 4.52. The largest absolute Gasteiger partial charge is 0.377 e. The number of sulfonamides is 1. The molecule has 0 aromatic rings. The van der Waals surface area contributed by atoms with Crippen molar-refractivity contribution in [2.45, 2.75) is 31.9 Å². The minimum atomic E-state index is -3.33. The van der Waals surface area contributed by atoms with Gasteiger partial charge in [0.15, 0.2) is 0 Å². The second-order valence-electron chi connectivity index (χ2n) is 6.06. The van der Waals surface area contributed by atoms with E-state index in [2.05, 4.69) is 10.0 Å². The molecule has 3 atom stereocenters. The van der Waals surface area contributed by atoms with Gasteiger partial charge in [-0.15, -0.1) is 0 Å². The van der Waals surface area contributed by atoms with Crippen LogP contribution in [0.15, 0.2) is 0 Å². The summed E-state index contributed by atoms with van der Waals surface area (Å²) in [6, 6.07) is 0. The van der Waals surface area contributed by atoms with Gasteiger partial charge < -0.3 is 15.8 Å². The number of rotatable bonds is 5. The van der Waals surface area contributed by atoms with Crippen LogP contribution in [0, 0.1) is 11.3 Å². The van der Waals surface area contributed by atoms with E-state index >= 15 is 0 Å². The summed E-state index contributed by atoms with van der Waals surface area (Å²) in [4.78, 5) is 12.4. The quantitative estimate of drug-likeness (QED) is 0.590. The number of carbonyl (C=O) groups excluding carboxylic acids is 1. The molecule has 1 saturated carbocycles. The Morgan fingerprint density at radius 3 is 2.70 bits per heavy atom. The second kappa shape index (κ2) is 4.94. The standard InChI is InChI=1S/C12H23N3O4S/c1-11(2)9-8(4-6-19-9)12(11,13)10(16)15-5-7-20(17,18)14-3/h8-9,14H,4-7,13H2,1-3H3,(H,15,16). The predicted octanol–water partition coefficient (Wildman–Crippen LogP) is -1.21. The highest BCUT2D eigenvalue weighted by molar-refractivity contribution is 7.89. The molecule has 2 fully saturated rings. The molecule has 0 aromatic heterocycles. The molecule has 0 spiro atoms. The van der Waals surface area contributed by atoms with Gasteiger partial charge in [-0.25, -0.2) is 13.1 Å². The topological polar surface area (TPSA) is 111 Å². The first-order valence-corrected chi connectivity index (χ1v) is 8.42. The molecule has 0 bridgehead atoms. The molecule has 1 saturated heterocycles. The van der Waals surface area contributed by atoms with Crippen LogP contribution in [-0.2, 0) is 19.6 Å². The molecule has 2 rings (SSSR count).